The maximum Gasteiger partial charge on any atom is 0.0935 e. The minimum atomic E-state index is -0.501. The van der Waals surface area contributed by atoms with E-state index in [1.54, 1.807) is 6.20 Å². The molecule has 0 aliphatic heterocycles. The molecule has 1 unspecified atom stereocenters. The fourth-order valence-corrected chi connectivity index (χ4v) is 1.80. The summed E-state index contributed by atoms with van der Waals surface area (Å²) in [6.45, 7) is 3.44. The fraction of sp³-hybridized carbons (Fsp3) is 0.308. The minimum Gasteiger partial charge on any atom is -0.387 e. The molecular formula is C13H16N2O. The molecule has 0 aliphatic rings. The minimum absolute atomic E-state index is 0.501. The Hall–Kier alpha value is -1.45. The molecule has 1 aromatic heterocycles. The van der Waals surface area contributed by atoms with E-state index in [9.17, 15) is 5.11 Å². The second kappa shape index (κ2) is 5.05. The summed E-state index contributed by atoms with van der Waals surface area (Å²) in [7, 11) is 0. The summed E-state index contributed by atoms with van der Waals surface area (Å²) in [6, 6.07) is 7.98. The van der Waals surface area contributed by atoms with E-state index in [0.29, 0.717) is 6.54 Å². The van der Waals surface area contributed by atoms with Gasteiger partial charge in [0.2, 0.25) is 0 Å². The highest BCUT2D eigenvalue weighted by molar-refractivity contribution is 5.84. The molecule has 2 rings (SSSR count). The summed E-state index contributed by atoms with van der Waals surface area (Å²) >= 11 is 0. The van der Waals surface area contributed by atoms with Gasteiger partial charge in [-0.15, -0.1) is 0 Å². The topological polar surface area (TPSA) is 45.1 Å². The Balaban J connectivity index is 2.36. The molecule has 0 radical (unpaired) electrons. The van der Waals surface area contributed by atoms with Crippen LogP contribution in [0.2, 0.25) is 0 Å². The number of pyridine rings is 1. The summed E-state index contributed by atoms with van der Waals surface area (Å²) in [5, 5.41) is 15.3. The molecule has 0 bridgehead atoms. The van der Waals surface area contributed by atoms with E-state index in [-0.39, 0.29) is 0 Å². The number of aliphatic hydroxyl groups is 1. The van der Waals surface area contributed by atoms with E-state index < -0.39 is 6.10 Å². The van der Waals surface area contributed by atoms with Crippen molar-refractivity contribution in [1.29, 1.82) is 0 Å². The molecule has 0 saturated carbocycles. The van der Waals surface area contributed by atoms with Gasteiger partial charge in [-0.05, 0) is 11.9 Å². The number of benzene rings is 1. The number of hydrogen-bond acceptors (Lipinski definition) is 3. The molecule has 0 aliphatic carbocycles. The second-order valence-corrected chi connectivity index (χ2v) is 3.77. The van der Waals surface area contributed by atoms with Crippen LogP contribution in [0.3, 0.4) is 0 Å². The van der Waals surface area contributed by atoms with Gasteiger partial charge in [0.05, 0.1) is 6.10 Å². The molecule has 1 atom stereocenters. The Kier molecular flexibility index (Phi) is 3.49. The van der Waals surface area contributed by atoms with Gasteiger partial charge < -0.3 is 10.4 Å². The van der Waals surface area contributed by atoms with Crippen molar-refractivity contribution in [2.45, 2.75) is 13.0 Å². The van der Waals surface area contributed by atoms with Crippen LogP contribution in [0.4, 0.5) is 0 Å². The Morgan fingerprint density at radius 2 is 2.12 bits per heavy atom. The van der Waals surface area contributed by atoms with Crippen molar-refractivity contribution in [2.24, 2.45) is 0 Å². The number of likely N-dealkylation sites (N-methyl/N-ethyl adjacent to an activating group) is 1. The SMILES string of the molecule is CCNCC(O)c1cncc2ccccc12. The van der Waals surface area contributed by atoms with Gasteiger partial charge >= 0.3 is 0 Å². The van der Waals surface area contributed by atoms with E-state index in [1.807, 2.05) is 37.4 Å². The van der Waals surface area contributed by atoms with E-state index >= 15 is 0 Å². The molecule has 1 heterocycles. The largest absolute Gasteiger partial charge is 0.387 e. The second-order valence-electron chi connectivity index (χ2n) is 3.77. The number of nitrogens with one attached hydrogen (secondary N) is 1. The van der Waals surface area contributed by atoms with Crippen molar-refractivity contribution in [3.8, 4) is 0 Å². The zero-order valence-electron chi connectivity index (χ0n) is 9.35. The lowest BCUT2D eigenvalue weighted by molar-refractivity contribution is 0.177. The first-order chi connectivity index (χ1) is 7.83. The first-order valence-corrected chi connectivity index (χ1v) is 5.54. The Labute approximate surface area is 95.1 Å². The molecule has 0 spiro atoms. The van der Waals surface area contributed by atoms with E-state index in [4.69, 9.17) is 0 Å². The summed E-state index contributed by atoms with van der Waals surface area (Å²) in [6.07, 6.45) is 3.06. The third kappa shape index (κ3) is 2.21. The van der Waals surface area contributed by atoms with Crippen LogP contribution in [-0.4, -0.2) is 23.2 Å². The van der Waals surface area contributed by atoms with Crippen LogP contribution < -0.4 is 5.32 Å². The summed E-state index contributed by atoms with van der Waals surface area (Å²) < 4.78 is 0. The summed E-state index contributed by atoms with van der Waals surface area (Å²) in [4.78, 5) is 4.15. The third-order valence-corrected chi connectivity index (χ3v) is 2.65. The monoisotopic (exact) mass is 216 g/mol. The summed E-state index contributed by atoms with van der Waals surface area (Å²) in [5.41, 5.74) is 0.888. The van der Waals surface area contributed by atoms with E-state index in [1.165, 1.54) is 0 Å². The zero-order valence-corrected chi connectivity index (χ0v) is 9.35. The van der Waals surface area contributed by atoms with Crippen LogP contribution in [0.25, 0.3) is 10.8 Å². The van der Waals surface area contributed by atoms with Crippen molar-refractivity contribution in [3.05, 3.63) is 42.2 Å². The Bertz CT molecular complexity index is 465. The highest BCUT2D eigenvalue weighted by atomic mass is 16.3. The molecule has 0 saturated heterocycles. The van der Waals surface area contributed by atoms with Crippen LogP contribution in [0, 0.1) is 0 Å². The van der Waals surface area contributed by atoms with Crippen molar-refractivity contribution >= 4 is 10.8 Å². The van der Waals surface area contributed by atoms with Gasteiger partial charge in [0.15, 0.2) is 0 Å². The van der Waals surface area contributed by atoms with Gasteiger partial charge in [0.25, 0.3) is 0 Å². The van der Waals surface area contributed by atoms with Crippen LogP contribution in [0.15, 0.2) is 36.7 Å². The zero-order chi connectivity index (χ0) is 11.4. The number of nitrogens with zero attached hydrogens (tertiary/aromatic N) is 1. The molecule has 16 heavy (non-hydrogen) atoms. The lowest BCUT2D eigenvalue weighted by Crippen LogP contribution is -2.21. The number of aromatic nitrogens is 1. The predicted octanol–water partition coefficient (Wildman–Crippen LogP) is 1.88. The molecule has 1 aromatic carbocycles. The van der Waals surface area contributed by atoms with Gasteiger partial charge in [-0.3, -0.25) is 4.98 Å². The molecular weight excluding hydrogens is 200 g/mol. The van der Waals surface area contributed by atoms with Gasteiger partial charge in [-0.2, -0.15) is 0 Å². The predicted molar refractivity (Wildman–Crippen MR) is 65.2 cm³/mol. The first-order valence-electron chi connectivity index (χ1n) is 5.54. The molecule has 2 aromatic rings. The van der Waals surface area contributed by atoms with Gasteiger partial charge in [-0.1, -0.05) is 31.2 Å². The van der Waals surface area contributed by atoms with Gasteiger partial charge in [0.1, 0.15) is 0 Å². The van der Waals surface area contributed by atoms with Gasteiger partial charge in [-0.25, -0.2) is 0 Å². The Morgan fingerprint density at radius 3 is 2.94 bits per heavy atom. The maximum absolute atomic E-state index is 10.0. The molecule has 84 valence electrons. The maximum atomic E-state index is 10.0. The number of rotatable bonds is 4. The van der Waals surface area contributed by atoms with E-state index in [0.717, 1.165) is 22.9 Å². The molecule has 2 N–H and O–H groups in total. The van der Waals surface area contributed by atoms with Crippen LogP contribution in [-0.2, 0) is 0 Å². The van der Waals surface area contributed by atoms with Crippen LogP contribution in [0.1, 0.15) is 18.6 Å². The quantitative estimate of drug-likeness (QED) is 0.820. The average Bonchev–Trinajstić information content (AvgIpc) is 2.35. The van der Waals surface area contributed by atoms with Gasteiger partial charge in [0, 0.05) is 29.9 Å². The number of fused-ring (bicyclic) bond motifs is 1. The molecule has 0 fully saturated rings. The van der Waals surface area contributed by atoms with Crippen molar-refractivity contribution < 1.29 is 5.11 Å². The smallest absolute Gasteiger partial charge is 0.0935 e. The normalized spacial score (nSPS) is 12.9. The summed E-state index contributed by atoms with van der Waals surface area (Å²) in [5.74, 6) is 0. The number of aliphatic hydroxyl groups excluding tert-OH is 1. The lowest BCUT2D eigenvalue weighted by Gasteiger charge is -2.13. The fourth-order valence-electron chi connectivity index (χ4n) is 1.80. The number of hydrogen-bond donors (Lipinski definition) is 2. The molecule has 3 nitrogen and oxygen atoms in total. The van der Waals surface area contributed by atoms with Crippen LogP contribution >= 0.6 is 0 Å². The van der Waals surface area contributed by atoms with Crippen molar-refractivity contribution in [1.82, 2.24) is 10.3 Å². The standard InChI is InChI=1S/C13H16N2O/c1-2-14-9-13(16)12-8-15-7-10-5-3-4-6-11(10)12/h3-8,13-14,16H,2,9H2,1H3. The van der Waals surface area contributed by atoms with Crippen molar-refractivity contribution in [2.75, 3.05) is 13.1 Å². The third-order valence-electron chi connectivity index (χ3n) is 2.65. The highest BCUT2D eigenvalue weighted by Gasteiger charge is 2.10. The van der Waals surface area contributed by atoms with Crippen molar-refractivity contribution in [3.63, 3.8) is 0 Å². The molecule has 0 amide bonds. The first kappa shape index (κ1) is 11.0. The molecule has 3 heteroatoms. The Morgan fingerprint density at radius 1 is 1.31 bits per heavy atom. The van der Waals surface area contributed by atoms with Crippen LogP contribution in [0.5, 0.6) is 0 Å². The highest BCUT2D eigenvalue weighted by Crippen LogP contribution is 2.22. The average molecular weight is 216 g/mol. The van der Waals surface area contributed by atoms with E-state index in [2.05, 4.69) is 10.3 Å². The lowest BCUT2D eigenvalue weighted by atomic mass is 10.0.